The van der Waals surface area contributed by atoms with E-state index in [-0.39, 0.29) is 6.84 Å². The van der Waals surface area contributed by atoms with E-state index in [0.717, 1.165) is 12.4 Å². The number of nitrogens with one attached hydrogen (secondary N) is 1. The van der Waals surface area contributed by atoms with E-state index < -0.39 is 0 Å². The summed E-state index contributed by atoms with van der Waals surface area (Å²) in [6.45, 7) is 10.2. The third-order valence-electron chi connectivity index (χ3n) is 3.51. The van der Waals surface area contributed by atoms with E-state index in [0.29, 0.717) is 5.92 Å². The zero-order valence-corrected chi connectivity index (χ0v) is 11.5. The Morgan fingerprint density at radius 2 is 2.18 bits per heavy atom. The lowest BCUT2D eigenvalue weighted by atomic mass is 9.80. The Bertz CT molecular complexity index is 399. The molecule has 0 fully saturated rings. The minimum atomic E-state index is 0. The molecule has 2 rings (SSSR count). The predicted octanol–water partition coefficient (Wildman–Crippen LogP) is 4.01. The quantitative estimate of drug-likeness (QED) is 0.854. The molecule has 0 aromatic carbocycles. The van der Waals surface area contributed by atoms with Gasteiger partial charge in [-0.1, -0.05) is 33.8 Å². The second-order valence-electron chi connectivity index (χ2n) is 6.22. The van der Waals surface area contributed by atoms with Gasteiger partial charge in [0.05, 0.1) is 0 Å². The average Bonchev–Trinajstić information content (AvgIpc) is 2.26. The van der Waals surface area contributed by atoms with Crippen LogP contribution in [-0.2, 0) is 11.8 Å². The van der Waals surface area contributed by atoms with Gasteiger partial charge < -0.3 is 5.32 Å². The Balaban J connectivity index is 0.00000162. The summed E-state index contributed by atoms with van der Waals surface area (Å²) in [6, 6.07) is 4.47. The number of hydrogen-bond acceptors (Lipinski definition) is 2. The molecule has 1 aromatic heterocycles. The average molecular weight is 234 g/mol. The molecule has 17 heavy (non-hydrogen) atoms. The molecule has 1 N–H and O–H groups in total. The fraction of sp³-hybridized carbons (Fsp3) is 0.667. The molecule has 0 unspecified atom stereocenters. The third kappa shape index (κ3) is 2.80. The Morgan fingerprint density at radius 1 is 1.41 bits per heavy atom. The number of anilines is 1. The van der Waals surface area contributed by atoms with Gasteiger partial charge in [0.15, 0.2) is 0 Å². The number of pyridine rings is 1. The second kappa shape index (κ2) is 4.67. The van der Waals surface area contributed by atoms with E-state index in [4.69, 9.17) is 4.98 Å². The molecule has 96 valence electrons. The van der Waals surface area contributed by atoms with E-state index >= 15 is 0 Å². The van der Waals surface area contributed by atoms with Crippen molar-refractivity contribution in [1.29, 1.82) is 0 Å². The van der Waals surface area contributed by atoms with Crippen LogP contribution in [0.4, 0.5) is 5.82 Å². The van der Waals surface area contributed by atoms with Gasteiger partial charge in [-0.25, -0.2) is 4.98 Å². The van der Waals surface area contributed by atoms with Crippen molar-refractivity contribution in [1.82, 2.24) is 4.98 Å². The zero-order chi connectivity index (χ0) is 12.5. The van der Waals surface area contributed by atoms with E-state index in [2.05, 4.69) is 45.1 Å². The Labute approximate surface area is 106 Å². The molecule has 1 aliphatic rings. The summed E-state index contributed by atoms with van der Waals surface area (Å²) >= 11 is 0. The normalized spacial score (nSPS) is 15.6. The Kier molecular flexibility index (Phi) is 3.41. The van der Waals surface area contributed by atoms with Crippen molar-refractivity contribution in [3.8, 4) is 0 Å². The number of aryl methyl sites for hydroxylation is 1. The topological polar surface area (TPSA) is 24.9 Å². The SMILES string of the molecule is CC(C)CC(C)(C)c1ccc2c(n1)NCCC2.[HH]. The van der Waals surface area contributed by atoms with Crippen LogP contribution < -0.4 is 5.32 Å². The number of rotatable bonds is 3. The predicted molar refractivity (Wildman–Crippen MR) is 75.6 cm³/mol. The lowest BCUT2D eigenvalue weighted by Gasteiger charge is -2.28. The van der Waals surface area contributed by atoms with Gasteiger partial charge >= 0.3 is 0 Å². The lowest BCUT2D eigenvalue weighted by Crippen LogP contribution is -2.23. The lowest BCUT2D eigenvalue weighted by molar-refractivity contribution is 0.391. The van der Waals surface area contributed by atoms with Gasteiger partial charge in [-0.3, -0.25) is 0 Å². The molecule has 0 atom stereocenters. The van der Waals surface area contributed by atoms with Crippen molar-refractivity contribution in [2.75, 3.05) is 11.9 Å². The molecule has 0 radical (unpaired) electrons. The van der Waals surface area contributed by atoms with E-state index in [1.165, 1.54) is 30.5 Å². The highest BCUT2D eigenvalue weighted by Crippen LogP contribution is 2.31. The fourth-order valence-electron chi connectivity index (χ4n) is 2.83. The van der Waals surface area contributed by atoms with Crippen LogP contribution in [0.3, 0.4) is 0 Å². The molecule has 2 heterocycles. The third-order valence-corrected chi connectivity index (χ3v) is 3.51. The van der Waals surface area contributed by atoms with Crippen molar-refractivity contribution >= 4 is 5.82 Å². The number of fused-ring (bicyclic) bond motifs is 1. The van der Waals surface area contributed by atoms with Crippen molar-refractivity contribution in [3.63, 3.8) is 0 Å². The number of nitrogens with zero attached hydrogens (tertiary/aromatic N) is 1. The molecular formula is C15H26N2. The summed E-state index contributed by atoms with van der Waals surface area (Å²) in [5.41, 5.74) is 2.77. The molecule has 2 nitrogen and oxygen atoms in total. The maximum absolute atomic E-state index is 4.83. The number of aromatic nitrogens is 1. The highest BCUT2D eigenvalue weighted by Gasteiger charge is 2.24. The summed E-state index contributed by atoms with van der Waals surface area (Å²) in [5.74, 6) is 1.82. The fourth-order valence-corrected chi connectivity index (χ4v) is 2.83. The maximum Gasteiger partial charge on any atom is 0.129 e. The summed E-state index contributed by atoms with van der Waals surface area (Å²) in [4.78, 5) is 4.83. The molecule has 0 saturated heterocycles. The van der Waals surface area contributed by atoms with Crippen LogP contribution in [0.1, 0.15) is 53.2 Å². The highest BCUT2D eigenvalue weighted by molar-refractivity contribution is 5.47. The Hall–Kier alpha value is -1.05. The van der Waals surface area contributed by atoms with Crippen LogP contribution in [0.25, 0.3) is 0 Å². The first-order chi connectivity index (χ1) is 7.99. The zero-order valence-electron chi connectivity index (χ0n) is 11.5. The van der Waals surface area contributed by atoms with Crippen molar-refractivity contribution in [3.05, 3.63) is 23.4 Å². The van der Waals surface area contributed by atoms with Crippen LogP contribution in [-0.4, -0.2) is 11.5 Å². The summed E-state index contributed by atoms with van der Waals surface area (Å²) in [6.07, 6.45) is 3.57. The minimum Gasteiger partial charge on any atom is -0.370 e. The second-order valence-corrected chi connectivity index (χ2v) is 6.22. The minimum absolute atomic E-state index is 0. The van der Waals surface area contributed by atoms with Gasteiger partial charge in [0, 0.05) is 19.1 Å². The van der Waals surface area contributed by atoms with E-state index in [1.807, 2.05) is 0 Å². The van der Waals surface area contributed by atoms with Gasteiger partial charge in [-0.2, -0.15) is 0 Å². The largest absolute Gasteiger partial charge is 0.370 e. The first-order valence-corrected chi connectivity index (χ1v) is 6.73. The molecule has 0 aliphatic carbocycles. The molecule has 0 saturated carbocycles. The first kappa shape index (κ1) is 12.4. The Morgan fingerprint density at radius 3 is 2.88 bits per heavy atom. The molecule has 0 bridgehead atoms. The van der Waals surface area contributed by atoms with Crippen LogP contribution in [0.15, 0.2) is 12.1 Å². The van der Waals surface area contributed by atoms with Crippen molar-refractivity contribution in [2.45, 2.75) is 52.4 Å². The van der Waals surface area contributed by atoms with Gasteiger partial charge in [0.1, 0.15) is 5.82 Å². The summed E-state index contributed by atoms with van der Waals surface area (Å²) in [5, 5.41) is 3.42. The summed E-state index contributed by atoms with van der Waals surface area (Å²) in [7, 11) is 0. The van der Waals surface area contributed by atoms with Gasteiger partial charge in [0.2, 0.25) is 0 Å². The van der Waals surface area contributed by atoms with E-state index in [9.17, 15) is 0 Å². The summed E-state index contributed by atoms with van der Waals surface area (Å²) < 4.78 is 0. The number of hydrogen-bond donors (Lipinski definition) is 1. The molecule has 0 amide bonds. The standard InChI is InChI=1S/C15H24N2.H2/c1-11(2)10-15(3,4)13-8-7-12-6-5-9-16-14(12)17-13;/h7-8,11H,5-6,9-10H2,1-4H3,(H,16,17);1H. The van der Waals surface area contributed by atoms with Gasteiger partial charge in [-0.15, -0.1) is 0 Å². The monoisotopic (exact) mass is 234 g/mol. The highest BCUT2D eigenvalue weighted by atomic mass is 15.0. The molecule has 2 heteroatoms. The van der Waals surface area contributed by atoms with Crippen LogP contribution in [0.5, 0.6) is 0 Å². The van der Waals surface area contributed by atoms with Crippen molar-refractivity contribution in [2.24, 2.45) is 5.92 Å². The van der Waals surface area contributed by atoms with Crippen LogP contribution in [0.2, 0.25) is 0 Å². The first-order valence-electron chi connectivity index (χ1n) is 6.73. The van der Waals surface area contributed by atoms with Crippen LogP contribution >= 0.6 is 0 Å². The smallest absolute Gasteiger partial charge is 0.129 e. The van der Waals surface area contributed by atoms with Crippen molar-refractivity contribution < 1.29 is 1.43 Å². The van der Waals surface area contributed by atoms with E-state index in [1.54, 1.807) is 0 Å². The maximum atomic E-state index is 4.83. The molecule has 1 aliphatic heterocycles. The molecule has 1 aromatic rings. The molecular weight excluding hydrogens is 208 g/mol. The van der Waals surface area contributed by atoms with Crippen LogP contribution in [0, 0.1) is 5.92 Å². The molecule has 0 spiro atoms. The van der Waals surface area contributed by atoms with Gasteiger partial charge in [0.25, 0.3) is 0 Å². The van der Waals surface area contributed by atoms with Gasteiger partial charge in [-0.05, 0) is 36.8 Å².